The summed E-state index contributed by atoms with van der Waals surface area (Å²) in [5, 5.41) is 13.9. The normalized spacial score (nSPS) is 14.0. The number of carboxylic acid groups (broad SMARTS) is 1. The lowest BCUT2D eigenvalue weighted by atomic mass is 10.1. The molecule has 1 amide bonds. The number of para-hydroxylation sites is 1. The van der Waals surface area contributed by atoms with Crippen molar-refractivity contribution in [2.75, 3.05) is 11.4 Å². The fourth-order valence-corrected chi connectivity index (χ4v) is 3.34. The van der Waals surface area contributed by atoms with Crippen molar-refractivity contribution in [3.05, 3.63) is 59.9 Å². The molecule has 0 radical (unpaired) electrons. The van der Waals surface area contributed by atoms with Gasteiger partial charge in [-0.3, -0.25) is 4.79 Å². The quantitative estimate of drug-likeness (QED) is 0.770. The number of amides is 1. The molecule has 1 fully saturated rings. The summed E-state index contributed by atoms with van der Waals surface area (Å²) in [6.45, 7) is 2.47. The van der Waals surface area contributed by atoms with Gasteiger partial charge < -0.3 is 10.0 Å². The topological polar surface area (TPSA) is 88.3 Å². The van der Waals surface area contributed by atoms with Gasteiger partial charge in [-0.1, -0.05) is 24.3 Å². The van der Waals surface area contributed by atoms with Crippen molar-refractivity contribution in [3.63, 3.8) is 0 Å². The smallest absolute Gasteiger partial charge is 0.337 e. The summed E-state index contributed by atoms with van der Waals surface area (Å²) in [7, 11) is 0. The zero-order chi connectivity index (χ0) is 19.0. The molecule has 7 heteroatoms. The molecular weight excluding hydrogens is 344 g/mol. The van der Waals surface area contributed by atoms with Crippen LogP contribution in [0.25, 0.3) is 17.1 Å². The average Bonchev–Trinajstić information content (AvgIpc) is 3.27. The van der Waals surface area contributed by atoms with Crippen LogP contribution in [-0.4, -0.2) is 38.3 Å². The molecule has 0 bridgehead atoms. The minimum atomic E-state index is -1.03. The van der Waals surface area contributed by atoms with Gasteiger partial charge in [0.2, 0.25) is 5.91 Å². The second kappa shape index (κ2) is 6.68. The number of aromatic nitrogens is 3. The zero-order valence-corrected chi connectivity index (χ0v) is 14.8. The number of carboxylic acids is 1. The summed E-state index contributed by atoms with van der Waals surface area (Å²) < 4.78 is 1.55. The van der Waals surface area contributed by atoms with E-state index in [9.17, 15) is 14.7 Å². The second-order valence-corrected chi connectivity index (χ2v) is 6.42. The lowest BCUT2D eigenvalue weighted by Crippen LogP contribution is -2.23. The number of carbonyl (C=O) groups is 2. The number of nitrogens with zero attached hydrogens (tertiary/aromatic N) is 4. The molecule has 0 saturated carbocycles. The Morgan fingerprint density at radius 3 is 2.70 bits per heavy atom. The van der Waals surface area contributed by atoms with Gasteiger partial charge in [0, 0.05) is 24.2 Å². The Morgan fingerprint density at radius 2 is 1.96 bits per heavy atom. The fourth-order valence-electron chi connectivity index (χ4n) is 3.34. The van der Waals surface area contributed by atoms with Crippen molar-refractivity contribution in [3.8, 4) is 17.1 Å². The van der Waals surface area contributed by atoms with Gasteiger partial charge in [0.15, 0.2) is 5.82 Å². The highest BCUT2D eigenvalue weighted by Crippen LogP contribution is 2.28. The van der Waals surface area contributed by atoms with Crippen LogP contribution in [0.15, 0.2) is 48.5 Å². The minimum absolute atomic E-state index is 0.112. The Kier molecular flexibility index (Phi) is 4.19. The van der Waals surface area contributed by atoms with Gasteiger partial charge in [0.05, 0.1) is 11.3 Å². The van der Waals surface area contributed by atoms with Crippen molar-refractivity contribution < 1.29 is 14.7 Å². The average molecular weight is 362 g/mol. The molecule has 2 aromatic carbocycles. The maximum Gasteiger partial charge on any atom is 0.337 e. The minimum Gasteiger partial charge on any atom is -0.478 e. The molecule has 4 rings (SSSR count). The number of aryl methyl sites for hydroxylation is 1. The first-order valence-electron chi connectivity index (χ1n) is 8.72. The molecule has 2 heterocycles. The van der Waals surface area contributed by atoms with E-state index in [-0.39, 0.29) is 11.5 Å². The van der Waals surface area contributed by atoms with Crippen LogP contribution < -0.4 is 4.90 Å². The second-order valence-electron chi connectivity index (χ2n) is 6.42. The van der Waals surface area contributed by atoms with Gasteiger partial charge in [-0.25, -0.2) is 14.5 Å². The summed E-state index contributed by atoms with van der Waals surface area (Å²) in [5.74, 6) is 0.157. The van der Waals surface area contributed by atoms with E-state index in [2.05, 4.69) is 10.1 Å². The molecule has 27 heavy (non-hydrogen) atoms. The Labute approximate surface area is 155 Å². The van der Waals surface area contributed by atoms with Crippen LogP contribution in [0.5, 0.6) is 0 Å². The zero-order valence-electron chi connectivity index (χ0n) is 14.8. The van der Waals surface area contributed by atoms with Gasteiger partial charge in [-0.05, 0) is 37.6 Å². The Bertz CT molecular complexity index is 1040. The molecule has 0 atom stereocenters. The predicted molar refractivity (Wildman–Crippen MR) is 100 cm³/mol. The van der Waals surface area contributed by atoms with E-state index in [1.54, 1.807) is 34.7 Å². The van der Waals surface area contributed by atoms with E-state index in [1.165, 1.54) is 6.07 Å². The van der Waals surface area contributed by atoms with Crippen molar-refractivity contribution in [2.24, 2.45) is 0 Å². The summed E-state index contributed by atoms with van der Waals surface area (Å²) in [6, 6.07) is 14.2. The van der Waals surface area contributed by atoms with Crippen molar-refractivity contribution in [1.29, 1.82) is 0 Å². The van der Waals surface area contributed by atoms with Gasteiger partial charge in [-0.15, -0.1) is 0 Å². The SMILES string of the molecule is Cc1nc(-c2cccc(N3CCCC3=O)c2)n(-c2ccccc2C(=O)O)n1. The Morgan fingerprint density at radius 1 is 1.15 bits per heavy atom. The van der Waals surface area contributed by atoms with Crippen LogP contribution >= 0.6 is 0 Å². The first-order valence-corrected chi connectivity index (χ1v) is 8.72. The Hall–Kier alpha value is -3.48. The molecule has 1 saturated heterocycles. The molecule has 7 nitrogen and oxygen atoms in total. The van der Waals surface area contributed by atoms with Crippen LogP contribution in [-0.2, 0) is 4.79 Å². The predicted octanol–water partition coefficient (Wildman–Crippen LogP) is 3.07. The Balaban J connectivity index is 1.83. The first-order chi connectivity index (χ1) is 13.0. The van der Waals surface area contributed by atoms with Gasteiger partial charge in [0.1, 0.15) is 5.82 Å². The third kappa shape index (κ3) is 3.08. The third-order valence-electron chi connectivity index (χ3n) is 4.57. The third-order valence-corrected chi connectivity index (χ3v) is 4.57. The van der Waals surface area contributed by atoms with E-state index in [0.29, 0.717) is 30.3 Å². The largest absolute Gasteiger partial charge is 0.478 e. The fraction of sp³-hybridized carbons (Fsp3) is 0.200. The maximum absolute atomic E-state index is 12.1. The number of hydrogen-bond acceptors (Lipinski definition) is 4. The monoisotopic (exact) mass is 362 g/mol. The van der Waals surface area contributed by atoms with Crippen LogP contribution in [0.2, 0.25) is 0 Å². The van der Waals surface area contributed by atoms with Crippen LogP contribution in [0, 0.1) is 6.92 Å². The van der Waals surface area contributed by atoms with Crippen molar-refractivity contribution in [2.45, 2.75) is 19.8 Å². The standard InChI is InChI=1S/C20H18N4O3/c1-13-21-19(24(22-13)17-9-3-2-8-16(17)20(26)27)14-6-4-7-15(12-14)23-11-5-10-18(23)25/h2-4,6-9,12H,5,10-11H2,1H3,(H,26,27). The van der Waals surface area contributed by atoms with E-state index in [0.717, 1.165) is 17.7 Å². The number of benzene rings is 2. The van der Waals surface area contributed by atoms with Crippen LogP contribution in [0.1, 0.15) is 29.0 Å². The number of rotatable bonds is 4. The molecule has 0 aliphatic carbocycles. The molecule has 0 unspecified atom stereocenters. The number of aromatic carboxylic acids is 1. The highest BCUT2D eigenvalue weighted by Gasteiger charge is 2.23. The highest BCUT2D eigenvalue weighted by molar-refractivity contribution is 5.96. The van der Waals surface area contributed by atoms with Gasteiger partial charge in [0.25, 0.3) is 0 Å². The summed E-state index contributed by atoms with van der Waals surface area (Å²) in [6.07, 6.45) is 1.41. The lowest BCUT2D eigenvalue weighted by molar-refractivity contribution is -0.117. The number of carbonyl (C=O) groups excluding carboxylic acids is 1. The molecule has 1 aromatic heterocycles. The molecule has 1 aliphatic rings. The molecular formula is C20H18N4O3. The van der Waals surface area contributed by atoms with Gasteiger partial charge >= 0.3 is 5.97 Å². The van der Waals surface area contributed by atoms with E-state index < -0.39 is 5.97 Å². The summed E-state index contributed by atoms with van der Waals surface area (Å²) in [5.41, 5.74) is 2.18. The number of anilines is 1. The van der Waals surface area contributed by atoms with Crippen LogP contribution in [0.4, 0.5) is 5.69 Å². The molecule has 1 aliphatic heterocycles. The molecule has 0 spiro atoms. The summed E-state index contributed by atoms with van der Waals surface area (Å²) >= 11 is 0. The maximum atomic E-state index is 12.1. The molecule has 136 valence electrons. The lowest BCUT2D eigenvalue weighted by Gasteiger charge is -2.16. The van der Waals surface area contributed by atoms with E-state index in [1.807, 2.05) is 24.3 Å². The first kappa shape index (κ1) is 17.0. The molecule has 1 N–H and O–H groups in total. The van der Waals surface area contributed by atoms with Crippen molar-refractivity contribution >= 4 is 17.6 Å². The highest BCUT2D eigenvalue weighted by atomic mass is 16.4. The van der Waals surface area contributed by atoms with E-state index in [4.69, 9.17) is 0 Å². The van der Waals surface area contributed by atoms with Crippen LogP contribution in [0.3, 0.4) is 0 Å². The van der Waals surface area contributed by atoms with Gasteiger partial charge in [-0.2, -0.15) is 5.10 Å². The van der Waals surface area contributed by atoms with E-state index >= 15 is 0 Å². The molecule has 3 aromatic rings. The number of hydrogen-bond donors (Lipinski definition) is 1. The summed E-state index contributed by atoms with van der Waals surface area (Å²) in [4.78, 5) is 29.9. The van der Waals surface area contributed by atoms with Crippen molar-refractivity contribution in [1.82, 2.24) is 14.8 Å².